The van der Waals surface area contributed by atoms with Crippen molar-refractivity contribution in [2.24, 2.45) is 0 Å². The lowest BCUT2D eigenvalue weighted by Gasteiger charge is -2.42. The van der Waals surface area contributed by atoms with Gasteiger partial charge in [-0.3, -0.25) is 0 Å². The molecule has 0 bridgehead atoms. The van der Waals surface area contributed by atoms with E-state index < -0.39 is 22.8 Å². The van der Waals surface area contributed by atoms with Gasteiger partial charge >= 0.3 is 0 Å². The summed E-state index contributed by atoms with van der Waals surface area (Å²) in [5, 5.41) is 0. The fourth-order valence-electron chi connectivity index (χ4n) is 15.7. The van der Waals surface area contributed by atoms with Crippen molar-refractivity contribution in [1.82, 2.24) is 8.75 Å². The predicted octanol–water partition coefficient (Wildman–Crippen LogP) is 30.8. The average Bonchev–Trinajstić information content (AvgIpc) is 1.67. The third kappa shape index (κ3) is 24.8. The normalized spacial score (nSPS) is 13.8. The molecule has 7 rings (SSSR count). The molecule has 524 valence electrons. The standard InChI is InChI=1S/C84H134F2N2O2S3/c1-7-11-15-19-23-27-31-35-39-43-47-51-55-59-83(60-56-52-48-44-40-36-32-28-24-20-16-12-8-2)71-63-67(5)91-81(71)69-64-74-70(65-73(69)89-83)82-72(66-75(92-82)76-78(86)77(85)68(6)79-80(76)88-93-87-79)84(90-74,61-57-53-49-45-41-37-33-29-25-21-17-13-9-3)62-58-54-50-46-42-38-34-30-26-22-18-14-10-4/h63-66H,7-62H2,1-6H3. The van der Waals surface area contributed by atoms with Crippen LogP contribution in [0.4, 0.5) is 8.78 Å². The summed E-state index contributed by atoms with van der Waals surface area (Å²) in [6.45, 7) is 13.2. The Morgan fingerprint density at radius 1 is 0.333 bits per heavy atom. The van der Waals surface area contributed by atoms with Crippen molar-refractivity contribution in [3.63, 3.8) is 0 Å². The molecule has 2 aliphatic heterocycles. The van der Waals surface area contributed by atoms with Crippen molar-refractivity contribution in [3.8, 4) is 42.8 Å². The minimum absolute atomic E-state index is 0.224. The first-order valence-corrected chi connectivity index (χ1v) is 42.5. The van der Waals surface area contributed by atoms with Gasteiger partial charge in [0.15, 0.2) is 11.6 Å². The van der Waals surface area contributed by atoms with Crippen molar-refractivity contribution >= 4 is 45.4 Å². The van der Waals surface area contributed by atoms with Crippen LogP contribution in [-0.4, -0.2) is 8.75 Å². The molecule has 0 atom stereocenters. The minimum atomic E-state index is -0.828. The van der Waals surface area contributed by atoms with Crippen LogP contribution in [0.25, 0.3) is 42.4 Å². The molecule has 3 aromatic heterocycles. The summed E-state index contributed by atoms with van der Waals surface area (Å²) < 4.78 is 58.0. The van der Waals surface area contributed by atoms with Crippen LogP contribution in [0.15, 0.2) is 24.3 Å². The Labute approximate surface area is 581 Å². The lowest BCUT2D eigenvalue weighted by molar-refractivity contribution is 0.0346. The van der Waals surface area contributed by atoms with Gasteiger partial charge in [-0.25, -0.2) is 8.78 Å². The highest BCUT2D eigenvalue weighted by Gasteiger charge is 2.46. The van der Waals surface area contributed by atoms with Crippen molar-refractivity contribution in [2.45, 2.75) is 412 Å². The maximum Gasteiger partial charge on any atom is 0.170 e. The Morgan fingerprint density at radius 3 is 0.935 bits per heavy atom. The number of rotatable bonds is 57. The summed E-state index contributed by atoms with van der Waals surface area (Å²) in [5.74, 6) is 0.213. The van der Waals surface area contributed by atoms with E-state index in [0.29, 0.717) is 15.9 Å². The van der Waals surface area contributed by atoms with Crippen LogP contribution in [0.3, 0.4) is 0 Å². The molecule has 4 nitrogen and oxygen atoms in total. The van der Waals surface area contributed by atoms with Gasteiger partial charge in [-0.05, 0) is 89.5 Å². The molecule has 0 aliphatic carbocycles. The summed E-state index contributed by atoms with van der Waals surface area (Å²) >= 11 is 4.59. The van der Waals surface area contributed by atoms with Gasteiger partial charge in [0.05, 0.1) is 17.3 Å². The van der Waals surface area contributed by atoms with Crippen LogP contribution in [0.1, 0.15) is 409 Å². The SMILES string of the molecule is CCCCCCCCCCCCCCCC1(CCCCCCCCCCCCCCC)Oc2cc3c(cc2-c2sc(C)cc21)OC(CCCCCCCCCCCCCCC)(CCCCCCCCCCCCCCC)c1cc(-c2c(F)c(F)c(C)c4nsnc24)sc1-3. The first-order chi connectivity index (χ1) is 45.7. The smallest absolute Gasteiger partial charge is 0.170 e. The highest BCUT2D eigenvalue weighted by molar-refractivity contribution is 7.19. The molecular formula is C84H134F2N2O2S3. The molecule has 9 heteroatoms. The molecule has 0 saturated carbocycles. The number of thiophene rings is 2. The van der Waals surface area contributed by atoms with E-state index in [4.69, 9.17) is 9.47 Å². The minimum Gasteiger partial charge on any atom is -0.482 e. The molecule has 5 aromatic rings. The molecule has 0 fully saturated rings. The van der Waals surface area contributed by atoms with Crippen LogP contribution in [0.2, 0.25) is 0 Å². The Balaban J connectivity index is 1.14. The quantitative estimate of drug-likeness (QED) is 0.0364. The summed E-state index contributed by atoms with van der Waals surface area (Å²) in [6, 6.07) is 9.39. The number of hydrogen-bond donors (Lipinski definition) is 0. The summed E-state index contributed by atoms with van der Waals surface area (Å²) in [4.78, 5) is 4.52. The first kappa shape index (κ1) is 77.5. The number of halogens is 2. The summed E-state index contributed by atoms with van der Waals surface area (Å²) in [5.41, 5.74) is 5.06. The number of hydrogen-bond acceptors (Lipinski definition) is 7. The zero-order valence-corrected chi connectivity index (χ0v) is 63.0. The van der Waals surface area contributed by atoms with E-state index in [9.17, 15) is 0 Å². The van der Waals surface area contributed by atoms with E-state index in [-0.39, 0.29) is 11.1 Å². The van der Waals surface area contributed by atoms with E-state index in [1.807, 2.05) is 11.3 Å². The first-order valence-electron chi connectivity index (χ1n) is 40.1. The van der Waals surface area contributed by atoms with Gasteiger partial charge in [0.1, 0.15) is 33.7 Å². The van der Waals surface area contributed by atoms with Crippen LogP contribution in [0, 0.1) is 25.5 Å². The second kappa shape index (κ2) is 44.9. The molecule has 0 unspecified atom stereocenters. The van der Waals surface area contributed by atoms with Crippen molar-refractivity contribution in [1.29, 1.82) is 0 Å². The molecule has 2 aromatic carbocycles. The second-order valence-corrected chi connectivity index (χ2v) is 32.4. The van der Waals surface area contributed by atoms with Crippen LogP contribution < -0.4 is 9.47 Å². The van der Waals surface area contributed by atoms with Crippen molar-refractivity contribution in [3.05, 3.63) is 57.5 Å². The fraction of sp³-hybridized carbons (Fsp3) is 0.762. The molecule has 0 saturated heterocycles. The maximum absolute atomic E-state index is 16.9. The van der Waals surface area contributed by atoms with Gasteiger partial charge in [0, 0.05) is 47.3 Å². The highest BCUT2D eigenvalue weighted by atomic mass is 32.1. The number of fused-ring (bicyclic) bond motifs is 7. The second-order valence-electron chi connectivity index (χ2n) is 29.6. The molecule has 2 aliphatic rings. The Kier molecular flexibility index (Phi) is 37.4. The Bertz CT molecular complexity index is 2730. The van der Waals surface area contributed by atoms with Gasteiger partial charge in [-0.15, -0.1) is 22.7 Å². The zero-order chi connectivity index (χ0) is 65.6. The predicted molar refractivity (Wildman–Crippen MR) is 405 cm³/mol. The maximum atomic E-state index is 16.9. The van der Waals surface area contributed by atoms with E-state index in [1.165, 1.54) is 324 Å². The third-order valence-electron chi connectivity index (χ3n) is 21.6. The number of nitrogens with zero attached hydrogens (tertiary/aromatic N) is 2. The number of aromatic nitrogens is 2. The van der Waals surface area contributed by atoms with Gasteiger partial charge in [0.25, 0.3) is 0 Å². The van der Waals surface area contributed by atoms with E-state index >= 15 is 8.78 Å². The number of unbranched alkanes of at least 4 members (excludes halogenated alkanes) is 48. The lowest BCUT2D eigenvalue weighted by Crippen LogP contribution is -2.37. The van der Waals surface area contributed by atoms with Gasteiger partial charge in [-0.1, -0.05) is 336 Å². The van der Waals surface area contributed by atoms with E-state index in [0.717, 1.165) is 96.2 Å². The van der Waals surface area contributed by atoms with Gasteiger partial charge in [0.2, 0.25) is 0 Å². The summed E-state index contributed by atoms with van der Waals surface area (Å²) in [6.07, 6.45) is 72.7. The molecule has 5 heterocycles. The lowest BCUT2D eigenvalue weighted by atomic mass is 9.78. The topological polar surface area (TPSA) is 44.2 Å². The Morgan fingerprint density at radius 2 is 0.613 bits per heavy atom. The molecule has 0 N–H and O–H groups in total. The molecule has 93 heavy (non-hydrogen) atoms. The van der Waals surface area contributed by atoms with Crippen molar-refractivity contribution in [2.75, 3.05) is 0 Å². The summed E-state index contributed by atoms with van der Waals surface area (Å²) in [7, 11) is 0. The molecule has 0 radical (unpaired) electrons. The highest BCUT2D eigenvalue weighted by Crippen LogP contribution is 2.60. The average molecular weight is 1340 g/mol. The zero-order valence-electron chi connectivity index (χ0n) is 60.6. The number of ether oxygens (including phenoxy) is 2. The Hall–Kier alpha value is -2.88. The van der Waals surface area contributed by atoms with Crippen LogP contribution in [0.5, 0.6) is 11.5 Å². The largest absolute Gasteiger partial charge is 0.482 e. The van der Waals surface area contributed by atoms with Crippen molar-refractivity contribution < 1.29 is 18.3 Å². The number of benzene rings is 2. The van der Waals surface area contributed by atoms with Crippen LogP contribution in [-0.2, 0) is 11.2 Å². The fourth-order valence-corrected chi connectivity index (χ4v) is 18.8. The van der Waals surface area contributed by atoms with Gasteiger partial charge in [-0.2, -0.15) is 8.75 Å². The molecule has 0 spiro atoms. The van der Waals surface area contributed by atoms with Gasteiger partial charge < -0.3 is 9.47 Å². The van der Waals surface area contributed by atoms with Crippen LogP contribution >= 0.6 is 34.4 Å². The number of aryl methyl sites for hydroxylation is 2. The molecule has 0 amide bonds. The van der Waals surface area contributed by atoms with E-state index in [2.05, 4.69) is 67.6 Å². The van der Waals surface area contributed by atoms with E-state index in [1.54, 1.807) is 18.3 Å². The molecular weight excluding hydrogens is 1200 g/mol. The third-order valence-corrected chi connectivity index (χ3v) is 24.4. The monoisotopic (exact) mass is 1340 g/mol.